The van der Waals surface area contributed by atoms with Gasteiger partial charge in [0.2, 0.25) is 0 Å². The van der Waals surface area contributed by atoms with Gasteiger partial charge in [0.15, 0.2) is 5.82 Å². The highest BCUT2D eigenvalue weighted by Gasteiger charge is 2.25. The summed E-state index contributed by atoms with van der Waals surface area (Å²) in [6.07, 6.45) is 0. The number of imidazole rings is 1. The van der Waals surface area contributed by atoms with Crippen LogP contribution in [0.5, 0.6) is 0 Å². The monoisotopic (exact) mass is 663 g/mol. The summed E-state index contributed by atoms with van der Waals surface area (Å²) in [5.74, 6) is 1.70. The van der Waals surface area contributed by atoms with Crippen LogP contribution in [-0.4, -0.2) is 23.9 Å². The average Bonchev–Trinajstić information content (AvgIpc) is 3.79. The van der Waals surface area contributed by atoms with Crippen molar-refractivity contribution in [1.82, 2.24) is 23.9 Å². The van der Waals surface area contributed by atoms with Gasteiger partial charge in [0.1, 0.15) is 11.5 Å². The third-order valence-corrected chi connectivity index (χ3v) is 10.3. The summed E-state index contributed by atoms with van der Waals surface area (Å²) in [5, 5.41) is 5.76. The first-order valence-corrected chi connectivity index (χ1v) is 17.6. The molecule has 0 atom stereocenters. The molecule has 0 spiro atoms. The Bertz CT molecular complexity index is 3160. The van der Waals surface area contributed by atoms with E-state index in [4.69, 9.17) is 15.0 Å². The maximum absolute atomic E-state index is 5.46. The molecule has 0 saturated carbocycles. The third kappa shape index (κ3) is 4.14. The van der Waals surface area contributed by atoms with E-state index in [-0.39, 0.29) is 0 Å². The largest absolute Gasteiger partial charge is 0.291 e. The van der Waals surface area contributed by atoms with Crippen LogP contribution in [0.1, 0.15) is 0 Å². The number of nitrogens with zero attached hydrogens (tertiary/aromatic N) is 5. The summed E-state index contributed by atoms with van der Waals surface area (Å²) in [4.78, 5) is 16.2. The molecule has 7 aromatic carbocycles. The minimum Gasteiger partial charge on any atom is -0.291 e. The molecule has 0 aliphatic rings. The molecule has 0 saturated heterocycles. The Labute approximate surface area is 298 Å². The molecule has 5 nitrogen and oxygen atoms in total. The van der Waals surface area contributed by atoms with Crippen molar-refractivity contribution in [3.63, 3.8) is 0 Å². The number of hydrogen-bond acceptors (Lipinski definition) is 3. The first-order chi connectivity index (χ1) is 25.8. The summed E-state index contributed by atoms with van der Waals surface area (Å²) in [6.45, 7) is 0. The number of pyridine rings is 1. The number of hydrogen-bond donors (Lipinski definition) is 0. The second-order valence-electron chi connectivity index (χ2n) is 13.2. The molecule has 0 fully saturated rings. The normalized spacial score (nSPS) is 11.8. The maximum atomic E-state index is 5.46. The molecule has 242 valence electrons. The summed E-state index contributed by atoms with van der Waals surface area (Å²) in [5.41, 5.74) is 11.0. The summed E-state index contributed by atoms with van der Waals surface area (Å²) < 4.78 is 4.73. The van der Waals surface area contributed by atoms with Gasteiger partial charge in [-0.1, -0.05) is 152 Å². The summed E-state index contributed by atoms with van der Waals surface area (Å²) in [6, 6.07) is 61.6. The Kier molecular flexibility index (Phi) is 6.18. The highest BCUT2D eigenvalue weighted by Crippen LogP contribution is 2.44. The Morgan fingerprint density at radius 2 is 0.885 bits per heavy atom. The second-order valence-corrected chi connectivity index (χ2v) is 13.2. The fourth-order valence-electron chi connectivity index (χ4n) is 8.04. The van der Waals surface area contributed by atoms with E-state index in [9.17, 15) is 0 Å². The van der Waals surface area contributed by atoms with Gasteiger partial charge in [0.05, 0.1) is 38.8 Å². The molecule has 0 aliphatic heterocycles. The van der Waals surface area contributed by atoms with E-state index in [1.165, 1.54) is 0 Å². The van der Waals surface area contributed by atoms with Crippen LogP contribution in [0.15, 0.2) is 176 Å². The Morgan fingerprint density at radius 1 is 0.346 bits per heavy atom. The van der Waals surface area contributed by atoms with E-state index in [1.54, 1.807) is 0 Å². The van der Waals surface area contributed by atoms with Gasteiger partial charge in [0.25, 0.3) is 0 Å². The van der Waals surface area contributed by atoms with Crippen molar-refractivity contribution in [2.75, 3.05) is 0 Å². The molecule has 0 N–H and O–H groups in total. The van der Waals surface area contributed by atoms with Crippen LogP contribution in [0.25, 0.3) is 99.8 Å². The standard InChI is InChI=1S/C47H29N5/c1-4-16-30(17-5-1)42-45-35-24-11-10-23-34(35)41-40(52(45)46(50-42)32-20-8-3-9-21-32)29-28-36-33-22-12-15-27-39(33)51(44(36)41)47-43(31-18-6-2-7-19-31)48-37-25-13-14-26-38(37)49-47/h1-29H. The minimum atomic E-state index is 0.798. The molecule has 4 heterocycles. The zero-order valence-electron chi connectivity index (χ0n) is 28.0. The van der Waals surface area contributed by atoms with Gasteiger partial charge in [-0.3, -0.25) is 8.97 Å². The van der Waals surface area contributed by atoms with Crippen molar-refractivity contribution in [2.45, 2.75) is 0 Å². The predicted octanol–water partition coefficient (Wildman–Crippen LogP) is 11.7. The smallest absolute Gasteiger partial charge is 0.165 e. The number of fused-ring (bicyclic) bond motifs is 11. The van der Waals surface area contributed by atoms with Crippen molar-refractivity contribution in [2.24, 2.45) is 0 Å². The summed E-state index contributed by atoms with van der Waals surface area (Å²) >= 11 is 0. The van der Waals surface area contributed by atoms with E-state index in [0.29, 0.717) is 0 Å². The molecule has 5 heteroatoms. The number of aromatic nitrogens is 5. The van der Waals surface area contributed by atoms with E-state index in [0.717, 1.165) is 99.8 Å². The molecular weight excluding hydrogens is 635 g/mol. The molecule has 0 amide bonds. The zero-order chi connectivity index (χ0) is 34.2. The van der Waals surface area contributed by atoms with Crippen LogP contribution in [0.4, 0.5) is 0 Å². The Balaban J connectivity index is 1.39. The quantitative estimate of drug-likeness (QED) is 0.176. The van der Waals surface area contributed by atoms with Crippen molar-refractivity contribution < 1.29 is 0 Å². The van der Waals surface area contributed by atoms with Crippen LogP contribution in [0.2, 0.25) is 0 Å². The number of para-hydroxylation sites is 3. The molecule has 11 aromatic rings. The van der Waals surface area contributed by atoms with Crippen LogP contribution in [0.3, 0.4) is 0 Å². The summed E-state index contributed by atoms with van der Waals surface area (Å²) in [7, 11) is 0. The topological polar surface area (TPSA) is 48.0 Å². The Hall–Kier alpha value is -7.11. The predicted molar refractivity (Wildman–Crippen MR) is 214 cm³/mol. The van der Waals surface area contributed by atoms with E-state index in [1.807, 2.05) is 30.3 Å². The molecule has 0 unspecified atom stereocenters. The van der Waals surface area contributed by atoms with E-state index in [2.05, 4.69) is 155 Å². The lowest BCUT2D eigenvalue weighted by molar-refractivity contribution is 1.08. The van der Waals surface area contributed by atoms with Crippen molar-refractivity contribution in [3.8, 4) is 39.7 Å². The van der Waals surface area contributed by atoms with Crippen LogP contribution in [0, 0.1) is 0 Å². The number of benzene rings is 7. The van der Waals surface area contributed by atoms with Crippen molar-refractivity contribution >= 4 is 60.0 Å². The van der Waals surface area contributed by atoms with Crippen LogP contribution < -0.4 is 0 Å². The number of rotatable bonds is 4. The van der Waals surface area contributed by atoms with Gasteiger partial charge >= 0.3 is 0 Å². The highest BCUT2D eigenvalue weighted by molar-refractivity contribution is 6.27. The molecule has 11 rings (SSSR count). The lowest BCUT2D eigenvalue weighted by atomic mass is 10.00. The van der Waals surface area contributed by atoms with E-state index < -0.39 is 0 Å². The molecule has 52 heavy (non-hydrogen) atoms. The Morgan fingerprint density at radius 3 is 1.60 bits per heavy atom. The first-order valence-electron chi connectivity index (χ1n) is 17.6. The lowest BCUT2D eigenvalue weighted by Crippen LogP contribution is -2.04. The maximum Gasteiger partial charge on any atom is 0.165 e. The molecule has 0 bridgehead atoms. The fraction of sp³-hybridized carbons (Fsp3) is 0. The minimum absolute atomic E-state index is 0.798. The van der Waals surface area contributed by atoms with Crippen LogP contribution >= 0.6 is 0 Å². The fourth-order valence-corrected chi connectivity index (χ4v) is 8.04. The van der Waals surface area contributed by atoms with Gasteiger partial charge in [-0.25, -0.2) is 15.0 Å². The van der Waals surface area contributed by atoms with Crippen molar-refractivity contribution in [1.29, 1.82) is 0 Å². The molecule has 0 radical (unpaired) electrons. The highest BCUT2D eigenvalue weighted by atomic mass is 15.1. The molecule has 4 aromatic heterocycles. The first kappa shape index (κ1) is 28.7. The average molecular weight is 664 g/mol. The third-order valence-electron chi connectivity index (χ3n) is 10.3. The van der Waals surface area contributed by atoms with Gasteiger partial charge in [0, 0.05) is 38.2 Å². The SMILES string of the molecule is c1ccc(-c2nc3ccccc3nc2-n2c3ccccc3c3ccc4c(c5ccccc5c5c(-c6ccccc6)nc(-c6ccccc6)n45)c32)cc1. The molecular formula is C47H29N5. The van der Waals surface area contributed by atoms with Gasteiger partial charge < -0.3 is 0 Å². The van der Waals surface area contributed by atoms with Gasteiger partial charge in [-0.05, 0) is 29.7 Å². The molecule has 0 aliphatic carbocycles. The lowest BCUT2D eigenvalue weighted by Gasteiger charge is -2.17. The van der Waals surface area contributed by atoms with Gasteiger partial charge in [-0.2, -0.15) is 0 Å². The van der Waals surface area contributed by atoms with Crippen molar-refractivity contribution in [3.05, 3.63) is 176 Å². The van der Waals surface area contributed by atoms with E-state index >= 15 is 0 Å². The second kappa shape index (κ2) is 11.2. The van der Waals surface area contributed by atoms with Gasteiger partial charge in [-0.15, -0.1) is 0 Å². The zero-order valence-corrected chi connectivity index (χ0v) is 28.0. The van der Waals surface area contributed by atoms with Crippen LogP contribution in [-0.2, 0) is 0 Å².